The van der Waals surface area contributed by atoms with Gasteiger partial charge in [-0.1, -0.05) is 36.7 Å². The molecular weight excluding hydrogens is 364 g/mol. The lowest BCUT2D eigenvalue weighted by Crippen LogP contribution is -2.36. The van der Waals surface area contributed by atoms with E-state index in [9.17, 15) is 9.59 Å². The number of benzene rings is 2. The van der Waals surface area contributed by atoms with Gasteiger partial charge in [-0.3, -0.25) is 9.59 Å². The summed E-state index contributed by atoms with van der Waals surface area (Å²) in [5.41, 5.74) is 2.36. The topological polar surface area (TPSA) is 67.4 Å². The van der Waals surface area contributed by atoms with Crippen molar-refractivity contribution in [1.82, 2.24) is 0 Å². The minimum atomic E-state index is -1.03. The quantitative estimate of drug-likeness (QED) is 0.714. The molecule has 2 amide bonds. The summed E-state index contributed by atoms with van der Waals surface area (Å²) in [6.07, 6.45) is 1.87. The minimum Gasteiger partial charge on any atom is -0.495 e. The number of methoxy groups -OCH3 is 1. The second-order valence-electron chi connectivity index (χ2n) is 6.80. The number of halogens is 1. The lowest BCUT2D eigenvalue weighted by molar-refractivity contribution is -0.131. The first kappa shape index (κ1) is 19.2. The number of amides is 2. The van der Waals surface area contributed by atoms with Crippen molar-refractivity contribution in [3.8, 4) is 5.75 Å². The zero-order valence-electron chi connectivity index (χ0n) is 15.7. The van der Waals surface area contributed by atoms with Crippen molar-refractivity contribution in [3.63, 3.8) is 0 Å². The average Bonchev–Trinajstić information content (AvgIpc) is 3.45. The monoisotopic (exact) mass is 386 g/mol. The molecule has 2 aromatic carbocycles. The van der Waals surface area contributed by atoms with Crippen LogP contribution in [0.5, 0.6) is 5.75 Å². The van der Waals surface area contributed by atoms with Crippen molar-refractivity contribution in [2.24, 2.45) is 5.41 Å². The molecule has 0 radical (unpaired) electrons. The summed E-state index contributed by atoms with van der Waals surface area (Å²) in [5, 5.41) is 6.19. The molecule has 142 valence electrons. The number of aryl methyl sites for hydroxylation is 2. The average molecular weight is 387 g/mol. The molecule has 1 saturated carbocycles. The van der Waals surface area contributed by atoms with Crippen LogP contribution in [0, 0.1) is 12.3 Å². The maximum Gasteiger partial charge on any atom is 0.240 e. The molecule has 27 heavy (non-hydrogen) atoms. The second-order valence-corrected chi connectivity index (χ2v) is 7.21. The molecule has 0 aliphatic heterocycles. The van der Waals surface area contributed by atoms with E-state index in [0.717, 1.165) is 23.2 Å². The van der Waals surface area contributed by atoms with Crippen molar-refractivity contribution in [2.75, 3.05) is 17.7 Å². The molecule has 2 aromatic rings. The summed E-state index contributed by atoms with van der Waals surface area (Å²) in [4.78, 5) is 25.7. The van der Waals surface area contributed by atoms with E-state index < -0.39 is 5.41 Å². The SMILES string of the molecule is CCc1cccc(C)c1NC(=O)C1(C(=O)Nc2ccc(OC)c(Cl)c2)CC1. The zero-order chi connectivity index (χ0) is 19.6. The minimum absolute atomic E-state index is 0.261. The summed E-state index contributed by atoms with van der Waals surface area (Å²) >= 11 is 6.11. The fourth-order valence-electron chi connectivity index (χ4n) is 3.11. The van der Waals surface area contributed by atoms with Gasteiger partial charge in [0.2, 0.25) is 11.8 Å². The van der Waals surface area contributed by atoms with Crippen LogP contribution in [0.4, 0.5) is 11.4 Å². The summed E-state index contributed by atoms with van der Waals surface area (Å²) in [6.45, 7) is 3.99. The Bertz CT molecular complexity index is 891. The van der Waals surface area contributed by atoms with E-state index in [1.165, 1.54) is 7.11 Å². The Labute approximate surface area is 164 Å². The molecule has 2 N–H and O–H groups in total. The highest BCUT2D eigenvalue weighted by Crippen LogP contribution is 2.48. The van der Waals surface area contributed by atoms with Crippen LogP contribution in [-0.2, 0) is 16.0 Å². The Morgan fingerprint density at radius 3 is 2.44 bits per heavy atom. The second kappa shape index (κ2) is 7.61. The van der Waals surface area contributed by atoms with Crippen molar-refractivity contribution in [3.05, 3.63) is 52.5 Å². The van der Waals surface area contributed by atoms with Gasteiger partial charge in [0.05, 0.1) is 12.1 Å². The summed E-state index contributed by atoms with van der Waals surface area (Å²) < 4.78 is 5.11. The number of rotatable bonds is 6. The molecule has 1 aliphatic rings. The Balaban J connectivity index is 1.76. The highest BCUT2D eigenvalue weighted by atomic mass is 35.5. The van der Waals surface area contributed by atoms with Crippen molar-refractivity contribution < 1.29 is 14.3 Å². The fourth-order valence-corrected chi connectivity index (χ4v) is 3.37. The molecule has 0 unspecified atom stereocenters. The highest BCUT2D eigenvalue weighted by molar-refractivity contribution is 6.32. The van der Waals surface area contributed by atoms with Crippen LogP contribution in [0.1, 0.15) is 30.9 Å². The molecule has 0 aromatic heterocycles. The van der Waals surface area contributed by atoms with E-state index in [4.69, 9.17) is 16.3 Å². The zero-order valence-corrected chi connectivity index (χ0v) is 16.4. The summed E-state index contributed by atoms with van der Waals surface area (Å²) in [6, 6.07) is 10.9. The molecule has 0 bridgehead atoms. The molecule has 3 rings (SSSR count). The first-order valence-corrected chi connectivity index (χ1v) is 9.34. The van der Waals surface area contributed by atoms with Gasteiger partial charge in [0.25, 0.3) is 0 Å². The van der Waals surface area contributed by atoms with Crippen LogP contribution in [0.3, 0.4) is 0 Å². The Kier molecular flexibility index (Phi) is 5.42. The number of hydrogen-bond acceptors (Lipinski definition) is 3. The smallest absolute Gasteiger partial charge is 0.240 e. The molecule has 0 saturated heterocycles. The predicted molar refractivity (Wildman–Crippen MR) is 107 cm³/mol. The lowest BCUT2D eigenvalue weighted by Gasteiger charge is -2.18. The molecule has 1 aliphatic carbocycles. The number of carbonyl (C=O) groups is 2. The van der Waals surface area contributed by atoms with Gasteiger partial charge < -0.3 is 15.4 Å². The first-order chi connectivity index (χ1) is 12.9. The van der Waals surface area contributed by atoms with Crippen molar-refractivity contribution in [1.29, 1.82) is 0 Å². The van der Waals surface area contributed by atoms with E-state index in [-0.39, 0.29) is 11.8 Å². The molecule has 0 spiro atoms. The third-order valence-electron chi connectivity index (χ3n) is 5.01. The number of para-hydroxylation sites is 1. The van der Waals surface area contributed by atoms with Gasteiger partial charge in [0.15, 0.2) is 0 Å². The predicted octanol–water partition coefficient (Wildman–Crippen LogP) is 4.58. The third-order valence-corrected chi connectivity index (χ3v) is 5.30. The molecule has 1 fully saturated rings. The number of ether oxygens (including phenoxy) is 1. The Morgan fingerprint density at radius 1 is 1.15 bits per heavy atom. The van der Waals surface area contributed by atoms with Crippen LogP contribution in [0.2, 0.25) is 5.02 Å². The van der Waals surface area contributed by atoms with Crippen LogP contribution >= 0.6 is 11.6 Å². The van der Waals surface area contributed by atoms with Crippen LogP contribution in [-0.4, -0.2) is 18.9 Å². The number of hydrogen-bond donors (Lipinski definition) is 2. The van der Waals surface area contributed by atoms with Gasteiger partial charge >= 0.3 is 0 Å². The van der Waals surface area contributed by atoms with Crippen LogP contribution in [0.15, 0.2) is 36.4 Å². The summed E-state index contributed by atoms with van der Waals surface area (Å²) in [5.74, 6) is -0.0448. The van der Waals surface area contributed by atoms with Gasteiger partial charge in [-0.25, -0.2) is 0 Å². The standard InChI is InChI=1S/C21H23ClN2O3/c1-4-14-7-5-6-13(2)18(14)24-20(26)21(10-11-21)19(25)23-15-8-9-17(27-3)16(22)12-15/h5-9,12H,4,10-11H2,1-3H3,(H,23,25)(H,24,26). The van der Waals surface area contributed by atoms with Gasteiger partial charge in [-0.15, -0.1) is 0 Å². The number of nitrogens with one attached hydrogen (secondary N) is 2. The van der Waals surface area contributed by atoms with Gasteiger partial charge in [-0.05, 0) is 55.5 Å². The fraction of sp³-hybridized carbons (Fsp3) is 0.333. The van der Waals surface area contributed by atoms with Crippen molar-refractivity contribution in [2.45, 2.75) is 33.1 Å². The van der Waals surface area contributed by atoms with Gasteiger partial charge in [-0.2, -0.15) is 0 Å². The Morgan fingerprint density at radius 2 is 1.85 bits per heavy atom. The normalized spacial score (nSPS) is 14.4. The van der Waals surface area contributed by atoms with Crippen LogP contribution in [0.25, 0.3) is 0 Å². The molecule has 0 heterocycles. The van der Waals surface area contributed by atoms with E-state index in [2.05, 4.69) is 10.6 Å². The maximum atomic E-state index is 12.9. The van der Waals surface area contributed by atoms with Crippen molar-refractivity contribution >= 4 is 34.8 Å². The maximum absolute atomic E-state index is 12.9. The molecular formula is C21H23ClN2O3. The van der Waals surface area contributed by atoms with Crippen LogP contribution < -0.4 is 15.4 Å². The lowest BCUT2D eigenvalue weighted by atomic mass is 10.0. The van der Waals surface area contributed by atoms with Gasteiger partial charge in [0, 0.05) is 11.4 Å². The van der Waals surface area contributed by atoms with E-state index in [1.807, 2.05) is 32.0 Å². The number of carbonyl (C=O) groups excluding carboxylic acids is 2. The Hall–Kier alpha value is -2.53. The first-order valence-electron chi connectivity index (χ1n) is 8.96. The molecule has 6 heteroatoms. The van der Waals surface area contributed by atoms with E-state index >= 15 is 0 Å². The van der Waals surface area contributed by atoms with E-state index in [1.54, 1.807) is 18.2 Å². The highest BCUT2D eigenvalue weighted by Gasteiger charge is 2.56. The van der Waals surface area contributed by atoms with Gasteiger partial charge in [0.1, 0.15) is 11.2 Å². The number of anilines is 2. The van der Waals surface area contributed by atoms with E-state index in [0.29, 0.717) is 29.3 Å². The summed E-state index contributed by atoms with van der Waals surface area (Å²) in [7, 11) is 1.53. The largest absolute Gasteiger partial charge is 0.495 e. The third kappa shape index (κ3) is 3.78. The molecule has 5 nitrogen and oxygen atoms in total. The molecule has 0 atom stereocenters.